The molecule has 0 bridgehead atoms. The number of benzene rings is 1. The van der Waals surface area contributed by atoms with Crippen molar-refractivity contribution >= 4 is 23.8 Å². The maximum Gasteiger partial charge on any atom is 0.410 e. The summed E-state index contributed by atoms with van der Waals surface area (Å²) in [6, 6.07) is 5.71. The number of pyridine rings is 1. The largest absolute Gasteiger partial charge is 0.464 e. The Morgan fingerprint density at radius 2 is 1.82 bits per heavy atom. The van der Waals surface area contributed by atoms with Gasteiger partial charge in [0, 0.05) is 61.3 Å². The fourth-order valence-corrected chi connectivity index (χ4v) is 6.09. The van der Waals surface area contributed by atoms with Crippen LogP contribution in [0.15, 0.2) is 36.8 Å². The van der Waals surface area contributed by atoms with Gasteiger partial charge in [-0.05, 0) is 70.4 Å². The number of hydrogen-bond acceptors (Lipinski definition) is 8. The highest BCUT2D eigenvalue weighted by Crippen LogP contribution is 2.37. The van der Waals surface area contributed by atoms with Gasteiger partial charge in [0.1, 0.15) is 17.2 Å². The molecular weight excluding hydrogens is 567 g/mol. The molecule has 1 fully saturated rings. The molecule has 0 saturated carbocycles. The Kier molecular flexibility index (Phi) is 7.77. The lowest BCUT2D eigenvalue weighted by atomic mass is 10.0. The van der Waals surface area contributed by atoms with Crippen LogP contribution in [0.3, 0.4) is 0 Å². The molecule has 1 atom stereocenters. The second-order valence-electron chi connectivity index (χ2n) is 12.3. The molecule has 0 radical (unpaired) electrons. The van der Waals surface area contributed by atoms with Crippen LogP contribution in [0.25, 0.3) is 11.1 Å². The van der Waals surface area contributed by atoms with E-state index in [0.29, 0.717) is 43.0 Å². The third-order valence-electron chi connectivity index (χ3n) is 8.22. The zero-order valence-electron chi connectivity index (χ0n) is 25.5. The predicted molar refractivity (Wildman–Crippen MR) is 159 cm³/mol. The van der Waals surface area contributed by atoms with Crippen LogP contribution < -0.4 is 4.90 Å². The summed E-state index contributed by atoms with van der Waals surface area (Å²) in [5, 5.41) is 0. The van der Waals surface area contributed by atoms with Crippen LogP contribution in [0.5, 0.6) is 0 Å². The quantitative estimate of drug-likeness (QED) is 0.382. The van der Waals surface area contributed by atoms with E-state index >= 15 is 4.39 Å². The van der Waals surface area contributed by atoms with Crippen molar-refractivity contribution in [2.45, 2.75) is 65.3 Å². The number of imidazole rings is 1. The number of piperazine rings is 1. The molecular formula is C32H37FN6O5. The van der Waals surface area contributed by atoms with Crippen LogP contribution >= 0.6 is 0 Å². The van der Waals surface area contributed by atoms with Gasteiger partial charge < -0.3 is 28.7 Å². The van der Waals surface area contributed by atoms with E-state index in [0.717, 1.165) is 30.9 Å². The molecule has 3 aliphatic rings. The lowest BCUT2D eigenvalue weighted by molar-refractivity contribution is -0.149. The predicted octanol–water partition coefficient (Wildman–Crippen LogP) is 4.35. The highest BCUT2D eigenvalue weighted by molar-refractivity contribution is 6.02. The highest BCUT2D eigenvalue weighted by Gasteiger charge is 2.42. The Balaban J connectivity index is 1.19. The number of halogens is 1. The number of ether oxygens (including phenoxy) is 2. The fourth-order valence-electron chi connectivity index (χ4n) is 6.09. The van der Waals surface area contributed by atoms with Crippen molar-refractivity contribution in [1.82, 2.24) is 24.3 Å². The second-order valence-corrected chi connectivity index (χ2v) is 12.3. The van der Waals surface area contributed by atoms with Gasteiger partial charge in [-0.3, -0.25) is 4.79 Å². The smallest absolute Gasteiger partial charge is 0.410 e. The van der Waals surface area contributed by atoms with E-state index in [9.17, 15) is 14.4 Å². The first-order chi connectivity index (χ1) is 21.0. The Morgan fingerprint density at radius 1 is 1.05 bits per heavy atom. The Hall–Kier alpha value is -4.48. The van der Waals surface area contributed by atoms with Gasteiger partial charge in [-0.1, -0.05) is 0 Å². The molecule has 6 rings (SSSR count). The molecule has 1 unspecified atom stereocenters. The van der Waals surface area contributed by atoms with Gasteiger partial charge in [-0.25, -0.2) is 23.9 Å². The van der Waals surface area contributed by atoms with Gasteiger partial charge in [-0.15, -0.1) is 0 Å². The third-order valence-corrected chi connectivity index (χ3v) is 8.22. The van der Waals surface area contributed by atoms with E-state index in [-0.39, 0.29) is 30.4 Å². The molecule has 3 aliphatic heterocycles. The van der Waals surface area contributed by atoms with Gasteiger partial charge in [-0.2, -0.15) is 0 Å². The molecule has 232 valence electrons. The van der Waals surface area contributed by atoms with Crippen LogP contribution in [0.1, 0.15) is 67.5 Å². The standard InChI is InChI=1S/C32H37FN6O5/c1-5-43-30(41)28(27-25-7-6-10-38(25)19-35-27)39-18-23-22(29(39)40)15-21(16-24(23)33)20-8-9-26(34-17-20)36-11-13-37(14-12-36)31(42)44-32(2,3)4/h8-9,15-17,19,28H,5-7,10-14,18H2,1-4H3. The van der Waals surface area contributed by atoms with Gasteiger partial charge >= 0.3 is 12.1 Å². The number of aryl methyl sites for hydroxylation is 1. The van der Waals surface area contributed by atoms with Crippen LogP contribution in [-0.2, 0) is 33.8 Å². The number of carbonyl (C=O) groups excluding carboxylic acids is 3. The minimum absolute atomic E-state index is 0.0531. The number of anilines is 1. The van der Waals surface area contributed by atoms with Crippen molar-refractivity contribution in [1.29, 1.82) is 0 Å². The first kappa shape index (κ1) is 29.6. The van der Waals surface area contributed by atoms with Crippen molar-refractivity contribution in [3.05, 3.63) is 65.1 Å². The van der Waals surface area contributed by atoms with Crippen molar-refractivity contribution < 1.29 is 28.2 Å². The van der Waals surface area contributed by atoms with Gasteiger partial charge in [0.2, 0.25) is 0 Å². The van der Waals surface area contributed by atoms with Crippen molar-refractivity contribution in [2.75, 3.05) is 37.7 Å². The number of aromatic nitrogens is 3. The van der Waals surface area contributed by atoms with Crippen molar-refractivity contribution in [3.8, 4) is 11.1 Å². The summed E-state index contributed by atoms with van der Waals surface area (Å²) in [7, 11) is 0. The maximum atomic E-state index is 15.5. The molecule has 3 aromatic rings. The topological polar surface area (TPSA) is 110 Å². The zero-order chi connectivity index (χ0) is 31.2. The summed E-state index contributed by atoms with van der Waals surface area (Å²) in [5.41, 5.74) is 2.49. The zero-order valence-corrected chi connectivity index (χ0v) is 25.5. The number of rotatable bonds is 6. The Bertz CT molecular complexity index is 1590. The monoisotopic (exact) mass is 604 g/mol. The Labute approximate surface area is 255 Å². The molecule has 2 aromatic heterocycles. The van der Waals surface area contributed by atoms with E-state index in [4.69, 9.17) is 9.47 Å². The number of nitrogens with zero attached hydrogens (tertiary/aromatic N) is 6. The minimum atomic E-state index is -1.05. The van der Waals surface area contributed by atoms with E-state index in [2.05, 4.69) is 14.9 Å². The Morgan fingerprint density at radius 3 is 2.50 bits per heavy atom. The first-order valence-corrected chi connectivity index (χ1v) is 15.1. The average molecular weight is 605 g/mol. The lowest BCUT2D eigenvalue weighted by Gasteiger charge is -2.36. The molecule has 1 aromatic carbocycles. The van der Waals surface area contributed by atoms with Gasteiger partial charge in [0.05, 0.1) is 25.2 Å². The molecule has 0 aliphatic carbocycles. The van der Waals surface area contributed by atoms with E-state index in [1.807, 2.05) is 37.5 Å². The molecule has 44 heavy (non-hydrogen) atoms. The normalized spacial score (nSPS) is 17.0. The first-order valence-electron chi connectivity index (χ1n) is 15.1. The third kappa shape index (κ3) is 5.60. The van der Waals surface area contributed by atoms with Gasteiger partial charge in [0.15, 0.2) is 6.04 Å². The summed E-state index contributed by atoms with van der Waals surface area (Å²) >= 11 is 0. The molecule has 5 heterocycles. The summed E-state index contributed by atoms with van der Waals surface area (Å²) in [6.07, 6.45) is 4.70. The number of fused-ring (bicyclic) bond motifs is 2. The summed E-state index contributed by atoms with van der Waals surface area (Å²) < 4.78 is 28.4. The van der Waals surface area contributed by atoms with E-state index in [1.54, 1.807) is 30.4 Å². The molecule has 11 nitrogen and oxygen atoms in total. The molecule has 0 N–H and O–H groups in total. The molecule has 2 amide bonds. The van der Waals surface area contributed by atoms with Crippen molar-refractivity contribution in [3.63, 3.8) is 0 Å². The summed E-state index contributed by atoms with van der Waals surface area (Å²) in [6.45, 7) is 10.4. The minimum Gasteiger partial charge on any atom is -0.464 e. The molecule has 1 saturated heterocycles. The van der Waals surface area contributed by atoms with Crippen LogP contribution in [0.2, 0.25) is 0 Å². The van der Waals surface area contributed by atoms with Crippen LogP contribution in [0, 0.1) is 5.82 Å². The molecule has 0 spiro atoms. The van der Waals surface area contributed by atoms with Crippen LogP contribution in [-0.4, -0.2) is 80.7 Å². The maximum absolute atomic E-state index is 15.5. The van der Waals surface area contributed by atoms with Crippen LogP contribution in [0.4, 0.5) is 15.0 Å². The summed E-state index contributed by atoms with van der Waals surface area (Å²) in [4.78, 5) is 53.5. The molecule has 12 heteroatoms. The van der Waals surface area contributed by atoms with Crippen molar-refractivity contribution in [2.24, 2.45) is 0 Å². The number of carbonyl (C=O) groups is 3. The average Bonchev–Trinajstić information content (AvgIpc) is 3.70. The number of esters is 1. The second kappa shape index (κ2) is 11.5. The fraction of sp³-hybridized carbons (Fsp3) is 0.469. The number of hydrogen-bond donors (Lipinski definition) is 0. The SMILES string of the molecule is CCOC(=O)C(c1ncn2c1CCC2)N1Cc2c(F)cc(-c3ccc(N4CCN(C(=O)OC(C)(C)C)CC4)nc3)cc2C1=O. The van der Waals surface area contributed by atoms with Gasteiger partial charge in [0.25, 0.3) is 5.91 Å². The van der Waals surface area contributed by atoms with E-state index < -0.39 is 29.3 Å². The lowest BCUT2D eigenvalue weighted by Crippen LogP contribution is -2.50. The highest BCUT2D eigenvalue weighted by atomic mass is 19.1. The number of amides is 2. The van der Waals surface area contributed by atoms with E-state index in [1.165, 1.54) is 11.0 Å². The summed E-state index contributed by atoms with van der Waals surface area (Å²) in [5.74, 6) is -0.792.